The summed E-state index contributed by atoms with van der Waals surface area (Å²) in [6, 6.07) is 3.99. The Morgan fingerprint density at radius 3 is 2.93 bits per heavy atom. The van der Waals surface area contributed by atoms with Gasteiger partial charge < -0.3 is 5.73 Å². The summed E-state index contributed by atoms with van der Waals surface area (Å²) in [4.78, 5) is 8.17. The molecule has 2 aromatic heterocycles. The first-order valence-electron chi connectivity index (χ1n) is 4.81. The number of nitrogens with zero attached hydrogens (tertiary/aromatic N) is 4. The summed E-state index contributed by atoms with van der Waals surface area (Å²) in [5, 5.41) is 4.01. The summed E-state index contributed by atoms with van der Waals surface area (Å²) in [6.07, 6.45) is 4.28. The Bertz CT molecular complexity index is 449. The number of hydrogen-bond acceptors (Lipinski definition) is 4. The molecule has 2 rings (SSSR count). The van der Waals surface area contributed by atoms with E-state index in [-0.39, 0.29) is 0 Å². The summed E-state index contributed by atoms with van der Waals surface area (Å²) < 4.78 is 1.73. The molecule has 0 aromatic carbocycles. The maximum absolute atomic E-state index is 5.42. The number of nitrogens with two attached hydrogens (primary N) is 1. The van der Waals surface area contributed by atoms with Crippen molar-refractivity contribution in [3.05, 3.63) is 35.9 Å². The third-order valence-electron chi connectivity index (χ3n) is 2.25. The van der Waals surface area contributed by atoms with E-state index >= 15 is 0 Å². The fraction of sp³-hybridized carbons (Fsp3) is 0.300. The van der Waals surface area contributed by atoms with Crippen molar-refractivity contribution < 1.29 is 0 Å². The van der Waals surface area contributed by atoms with Gasteiger partial charge in [-0.25, -0.2) is 4.98 Å². The van der Waals surface area contributed by atoms with Crippen LogP contribution in [0, 0.1) is 6.92 Å². The Morgan fingerprint density at radius 1 is 1.40 bits per heavy atom. The molecule has 0 unspecified atom stereocenters. The number of rotatable bonds is 3. The molecule has 2 N–H and O–H groups in total. The molecule has 2 aromatic rings. The summed E-state index contributed by atoms with van der Waals surface area (Å²) in [5.41, 5.74) is 7.71. The van der Waals surface area contributed by atoms with E-state index < -0.39 is 0 Å². The van der Waals surface area contributed by atoms with Crippen LogP contribution in [0.3, 0.4) is 0 Å². The molecule has 0 saturated carbocycles. The molecule has 5 heteroatoms. The molecule has 0 aliphatic rings. The van der Waals surface area contributed by atoms with Crippen molar-refractivity contribution in [3.8, 4) is 0 Å². The second-order valence-electron chi connectivity index (χ2n) is 3.38. The van der Waals surface area contributed by atoms with Crippen molar-refractivity contribution in [3.63, 3.8) is 0 Å². The molecule has 78 valence electrons. The van der Waals surface area contributed by atoms with E-state index in [0.29, 0.717) is 5.95 Å². The highest BCUT2D eigenvalue weighted by molar-refractivity contribution is 5.17. The zero-order valence-corrected chi connectivity index (χ0v) is 8.59. The van der Waals surface area contributed by atoms with Gasteiger partial charge in [-0.2, -0.15) is 0 Å². The van der Waals surface area contributed by atoms with Gasteiger partial charge in [0.2, 0.25) is 5.95 Å². The Kier molecular flexibility index (Phi) is 2.62. The summed E-state index contributed by atoms with van der Waals surface area (Å²) >= 11 is 0. The van der Waals surface area contributed by atoms with Crippen molar-refractivity contribution in [2.24, 2.45) is 0 Å². The van der Waals surface area contributed by atoms with Gasteiger partial charge in [0.25, 0.3) is 0 Å². The average molecular weight is 203 g/mol. The van der Waals surface area contributed by atoms with Gasteiger partial charge in [0.15, 0.2) is 0 Å². The Morgan fingerprint density at radius 2 is 2.27 bits per heavy atom. The minimum atomic E-state index is 0.313. The molecule has 0 fully saturated rings. The first-order chi connectivity index (χ1) is 7.25. The summed E-state index contributed by atoms with van der Waals surface area (Å²) in [6.45, 7) is 2.81. The molecule has 5 nitrogen and oxygen atoms in total. The number of aryl methyl sites for hydroxylation is 3. The van der Waals surface area contributed by atoms with Gasteiger partial charge in [0.05, 0.1) is 0 Å². The van der Waals surface area contributed by atoms with Crippen LogP contribution < -0.4 is 5.73 Å². The lowest BCUT2D eigenvalue weighted by molar-refractivity contribution is 0.607. The van der Waals surface area contributed by atoms with Crippen LogP contribution in [0.15, 0.2) is 24.7 Å². The number of pyridine rings is 1. The van der Waals surface area contributed by atoms with Crippen molar-refractivity contribution in [2.45, 2.75) is 19.9 Å². The Hall–Kier alpha value is -1.91. The third kappa shape index (κ3) is 2.31. The van der Waals surface area contributed by atoms with Crippen LogP contribution in [-0.4, -0.2) is 19.7 Å². The molecule has 0 atom stereocenters. The van der Waals surface area contributed by atoms with E-state index in [1.807, 2.05) is 6.07 Å². The molecule has 0 saturated heterocycles. The van der Waals surface area contributed by atoms with Crippen molar-refractivity contribution in [1.29, 1.82) is 0 Å². The summed E-state index contributed by atoms with van der Waals surface area (Å²) in [7, 11) is 0. The summed E-state index contributed by atoms with van der Waals surface area (Å²) in [5.74, 6) is 0.313. The van der Waals surface area contributed by atoms with Gasteiger partial charge in [-0.05, 0) is 18.6 Å². The predicted octanol–water partition coefficient (Wildman–Crippen LogP) is 0.806. The number of hydrogen-bond donors (Lipinski definition) is 1. The quantitative estimate of drug-likeness (QED) is 0.801. The largest absolute Gasteiger partial charge is 0.367 e. The van der Waals surface area contributed by atoms with Crippen LogP contribution in [0.1, 0.15) is 11.3 Å². The minimum Gasteiger partial charge on any atom is -0.367 e. The van der Waals surface area contributed by atoms with Gasteiger partial charge >= 0.3 is 0 Å². The smallest absolute Gasteiger partial charge is 0.239 e. The fourth-order valence-electron chi connectivity index (χ4n) is 1.42. The van der Waals surface area contributed by atoms with Crippen LogP contribution in [0.2, 0.25) is 0 Å². The van der Waals surface area contributed by atoms with E-state index in [9.17, 15) is 0 Å². The second-order valence-corrected chi connectivity index (χ2v) is 3.38. The molecular formula is C10H13N5. The fourth-order valence-corrected chi connectivity index (χ4v) is 1.42. The van der Waals surface area contributed by atoms with Crippen LogP contribution in [0.4, 0.5) is 5.95 Å². The van der Waals surface area contributed by atoms with Gasteiger partial charge in [0, 0.05) is 24.9 Å². The van der Waals surface area contributed by atoms with E-state index in [0.717, 1.165) is 18.7 Å². The van der Waals surface area contributed by atoms with Crippen molar-refractivity contribution in [1.82, 2.24) is 19.7 Å². The van der Waals surface area contributed by atoms with E-state index in [1.54, 1.807) is 17.2 Å². The monoisotopic (exact) mass is 203 g/mol. The standard InChI is InChI=1S/C10H13N5/c1-8-3-2-5-12-9(8)4-6-15-7-13-10(11)14-15/h2-3,5,7H,4,6H2,1H3,(H2,11,14). The number of anilines is 1. The highest BCUT2D eigenvalue weighted by Gasteiger charge is 2.00. The van der Waals surface area contributed by atoms with Crippen LogP contribution >= 0.6 is 0 Å². The SMILES string of the molecule is Cc1cccnc1CCn1cnc(N)n1. The van der Waals surface area contributed by atoms with Crippen LogP contribution in [0.25, 0.3) is 0 Å². The molecule has 0 aliphatic carbocycles. The zero-order valence-electron chi connectivity index (χ0n) is 8.59. The molecule has 0 aliphatic heterocycles. The molecule has 15 heavy (non-hydrogen) atoms. The lowest BCUT2D eigenvalue weighted by Gasteiger charge is -2.03. The lowest BCUT2D eigenvalue weighted by Crippen LogP contribution is -2.05. The maximum Gasteiger partial charge on any atom is 0.239 e. The molecule has 0 spiro atoms. The van der Waals surface area contributed by atoms with E-state index in [2.05, 4.69) is 28.1 Å². The second kappa shape index (κ2) is 4.08. The van der Waals surface area contributed by atoms with Gasteiger partial charge in [-0.15, -0.1) is 5.10 Å². The molecule has 0 bridgehead atoms. The first-order valence-corrected chi connectivity index (χ1v) is 4.81. The van der Waals surface area contributed by atoms with Gasteiger partial charge in [-0.1, -0.05) is 6.07 Å². The molecular weight excluding hydrogens is 190 g/mol. The normalized spacial score (nSPS) is 10.5. The van der Waals surface area contributed by atoms with Crippen molar-refractivity contribution in [2.75, 3.05) is 5.73 Å². The van der Waals surface area contributed by atoms with E-state index in [1.165, 1.54) is 5.56 Å². The predicted molar refractivity (Wildman–Crippen MR) is 57.1 cm³/mol. The third-order valence-corrected chi connectivity index (χ3v) is 2.25. The van der Waals surface area contributed by atoms with Crippen LogP contribution in [-0.2, 0) is 13.0 Å². The highest BCUT2D eigenvalue weighted by atomic mass is 15.3. The Balaban J connectivity index is 2.02. The highest BCUT2D eigenvalue weighted by Crippen LogP contribution is 2.04. The minimum absolute atomic E-state index is 0.313. The molecule has 2 heterocycles. The van der Waals surface area contributed by atoms with Gasteiger partial charge in [0.1, 0.15) is 6.33 Å². The topological polar surface area (TPSA) is 69.6 Å². The molecule has 0 amide bonds. The van der Waals surface area contributed by atoms with Crippen LogP contribution in [0.5, 0.6) is 0 Å². The average Bonchev–Trinajstić information content (AvgIpc) is 2.63. The molecule has 0 radical (unpaired) electrons. The number of aromatic nitrogens is 4. The van der Waals surface area contributed by atoms with E-state index in [4.69, 9.17) is 5.73 Å². The van der Waals surface area contributed by atoms with Crippen molar-refractivity contribution >= 4 is 5.95 Å². The number of nitrogen functional groups attached to an aromatic ring is 1. The zero-order chi connectivity index (χ0) is 10.7. The van der Waals surface area contributed by atoms with Gasteiger partial charge in [-0.3, -0.25) is 9.67 Å². The first kappa shape index (κ1) is 9.64. The Labute approximate surface area is 88.0 Å². The lowest BCUT2D eigenvalue weighted by atomic mass is 10.2. The maximum atomic E-state index is 5.42.